The minimum absolute atomic E-state index is 0.225. The van der Waals surface area contributed by atoms with Gasteiger partial charge < -0.3 is 10.2 Å². The van der Waals surface area contributed by atoms with Gasteiger partial charge in [0, 0.05) is 6.61 Å². The standard InChI is InChI=1S/C13H18O2/c1-9(8-14)11-7-12(11)13(15)10-5-3-2-4-6-10/h2-6,9,11-15H,7-8H2,1H3/t9-,11-,12-,13+/m0/s1. The van der Waals surface area contributed by atoms with Crippen LogP contribution in [0.4, 0.5) is 0 Å². The van der Waals surface area contributed by atoms with Gasteiger partial charge in [0.25, 0.3) is 0 Å². The van der Waals surface area contributed by atoms with Gasteiger partial charge in [-0.1, -0.05) is 37.3 Å². The van der Waals surface area contributed by atoms with Crippen LogP contribution in [0.2, 0.25) is 0 Å². The average Bonchev–Trinajstić information content (AvgIpc) is 3.08. The minimum atomic E-state index is -0.356. The third-order valence-electron chi connectivity index (χ3n) is 3.46. The summed E-state index contributed by atoms with van der Waals surface area (Å²) in [6.45, 7) is 2.27. The molecule has 2 nitrogen and oxygen atoms in total. The second-order valence-electron chi connectivity index (χ2n) is 4.58. The Morgan fingerprint density at radius 1 is 1.27 bits per heavy atom. The lowest BCUT2D eigenvalue weighted by molar-refractivity contribution is 0.133. The Labute approximate surface area is 90.6 Å². The Morgan fingerprint density at radius 3 is 2.53 bits per heavy atom. The van der Waals surface area contributed by atoms with Crippen molar-refractivity contribution < 1.29 is 10.2 Å². The van der Waals surface area contributed by atoms with Crippen LogP contribution in [-0.2, 0) is 0 Å². The van der Waals surface area contributed by atoms with Crippen molar-refractivity contribution in [2.45, 2.75) is 19.4 Å². The topological polar surface area (TPSA) is 40.5 Å². The zero-order chi connectivity index (χ0) is 10.8. The first-order chi connectivity index (χ1) is 7.24. The van der Waals surface area contributed by atoms with Gasteiger partial charge in [-0.2, -0.15) is 0 Å². The van der Waals surface area contributed by atoms with Gasteiger partial charge >= 0.3 is 0 Å². The predicted molar refractivity (Wildman–Crippen MR) is 59.2 cm³/mol. The van der Waals surface area contributed by atoms with Crippen molar-refractivity contribution in [3.05, 3.63) is 35.9 Å². The first-order valence-corrected chi connectivity index (χ1v) is 5.58. The summed E-state index contributed by atoms with van der Waals surface area (Å²) in [5, 5.41) is 19.1. The Bertz CT molecular complexity index is 310. The maximum absolute atomic E-state index is 10.1. The van der Waals surface area contributed by atoms with Crippen LogP contribution < -0.4 is 0 Å². The molecule has 1 saturated carbocycles. The normalized spacial score (nSPS) is 28.5. The van der Waals surface area contributed by atoms with E-state index in [1.54, 1.807) is 0 Å². The molecule has 0 heterocycles. The van der Waals surface area contributed by atoms with E-state index in [4.69, 9.17) is 5.11 Å². The third kappa shape index (κ3) is 2.21. The van der Waals surface area contributed by atoms with Gasteiger partial charge in [-0.3, -0.25) is 0 Å². The summed E-state index contributed by atoms with van der Waals surface area (Å²) in [5.41, 5.74) is 0.995. The summed E-state index contributed by atoms with van der Waals surface area (Å²) < 4.78 is 0. The minimum Gasteiger partial charge on any atom is -0.396 e. The van der Waals surface area contributed by atoms with Crippen LogP contribution in [-0.4, -0.2) is 16.8 Å². The lowest BCUT2D eigenvalue weighted by atomic mass is 9.99. The lowest BCUT2D eigenvalue weighted by Gasteiger charge is -2.12. The van der Waals surface area contributed by atoms with Crippen LogP contribution in [0.25, 0.3) is 0 Å². The van der Waals surface area contributed by atoms with E-state index in [2.05, 4.69) is 0 Å². The average molecular weight is 206 g/mol. The van der Waals surface area contributed by atoms with E-state index in [1.165, 1.54) is 0 Å². The number of aliphatic hydroxyl groups excluding tert-OH is 2. The van der Waals surface area contributed by atoms with E-state index in [0.717, 1.165) is 12.0 Å². The molecule has 4 atom stereocenters. The molecule has 1 aromatic carbocycles. The van der Waals surface area contributed by atoms with Gasteiger partial charge in [0.2, 0.25) is 0 Å². The van der Waals surface area contributed by atoms with E-state index in [0.29, 0.717) is 17.8 Å². The monoisotopic (exact) mass is 206 g/mol. The summed E-state index contributed by atoms with van der Waals surface area (Å²) in [6.07, 6.45) is 0.683. The molecule has 1 aromatic rings. The highest BCUT2D eigenvalue weighted by Gasteiger charge is 2.45. The summed E-state index contributed by atoms with van der Waals surface area (Å²) >= 11 is 0. The van der Waals surface area contributed by atoms with E-state index < -0.39 is 0 Å². The Kier molecular flexibility index (Phi) is 3.08. The molecule has 0 saturated heterocycles. The fourth-order valence-corrected chi connectivity index (χ4v) is 2.29. The molecule has 0 bridgehead atoms. The fraction of sp³-hybridized carbons (Fsp3) is 0.538. The van der Waals surface area contributed by atoms with Crippen LogP contribution in [0.5, 0.6) is 0 Å². The molecule has 0 radical (unpaired) electrons. The molecule has 1 aliphatic rings. The largest absolute Gasteiger partial charge is 0.396 e. The van der Waals surface area contributed by atoms with Gasteiger partial charge in [0.05, 0.1) is 6.10 Å². The predicted octanol–water partition coefficient (Wildman–Crippen LogP) is 1.98. The Hall–Kier alpha value is -0.860. The maximum Gasteiger partial charge on any atom is 0.0821 e. The highest BCUT2D eigenvalue weighted by Crippen LogP contribution is 2.51. The highest BCUT2D eigenvalue weighted by atomic mass is 16.3. The summed E-state index contributed by atoms with van der Waals surface area (Å²) in [5.74, 6) is 1.15. The molecule has 0 aromatic heterocycles. The number of rotatable bonds is 4. The molecule has 82 valence electrons. The lowest BCUT2D eigenvalue weighted by Crippen LogP contribution is -2.08. The van der Waals surface area contributed by atoms with E-state index >= 15 is 0 Å². The zero-order valence-electron chi connectivity index (χ0n) is 9.00. The van der Waals surface area contributed by atoms with Gasteiger partial charge in [-0.25, -0.2) is 0 Å². The molecule has 0 amide bonds. The Morgan fingerprint density at radius 2 is 1.93 bits per heavy atom. The van der Waals surface area contributed by atoms with Crippen molar-refractivity contribution in [1.82, 2.24) is 0 Å². The SMILES string of the molecule is C[C@@H](CO)[C@@H]1C[C@@H]1[C@H](O)c1ccccc1. The van der Waals surface area contributed by atoms with Gasteiger partial charge in [0.15, 0.2) is 0 Å². The molecule has 1 aliphatic carbocycles. The molecule has 2 N–H and O–H groups in total. The maximum atomic E-state index is 10.1. The number of benzene rings is 1. The van der Waals surface area contributed by atoms with Crippen molar-refractivity contribution in [3.63, 3.8) is 0 Å². The van der Waals surface area contributed by atoms with Crippen molar-refractivity contribution in [2.75, 3.05) is 6.61 Å². The smallest absolute Gasteiger partial charge is 0.0821 e. The van der Waals surface area contributed by atoms with Crippen LogP contribution in [0.1, 0.15) is 25.0 Å². The van der Waals surface area contributed by atoms with E-state index in [-0.39, 0.29) is 12.7 Å². The van der Waals surface area contributed by atoms with Crippen molar-refractivity contribution in [1.29, 1.82) is 0 Å². The van der Waals surface area contributed by atoms with Crippen LogP contribution >= 0.6 is 0 Å². The molecule has 1 fully saturated rings. The third-order valence-corrected chi connectivity index (χ3v) is 3.46. The molecule has 15 heavy (non-hydrogen) atoms. The van der Waals surface area contributed by atoms with Crippen molar-refractivity contribution in [3.8, 4) is 0 Å². The van der Waals surface area contributed by atoms with E-state index in [9.17, 15) is 5.11 Å². The number of aliphatic hydroxyl groups is 2. The van der Waals surface area contributed by atoms with Gasteiger partial charge in [0.1, 0.15) is 0 Å². The summed E-state index contributed by atoms with van der Waals surface area (Å²) in [4.78, 5) is 0. The molecule has 0 unspecified atom stereocenters. The first-order valence-electron chi connectivity index (χ1n) is 5.58. The summed E-state index contributed by atoms with van der Waals surface area (Å²) in [6, 6.07) is 9.78. The highest BCUT2D eigenvalue weighted by molar-refractivity contribution is 5.20. The first kappa shape index (κ1) is 10.7. The van der Waals surface area contributed by atoms with Crippen molar-refractivity contribution in [2.24, 2.45) is 17.8 Å². The van der Waals surface area contributed by atoms with Gasteiger partial charge in [-0.15, -0.1) is 0 Å². The number of hydrogen-bond acceptors (Lipinski definition) is 2. The zero-order valence-corrected chi connectivity index (χ0v) is 9.00. The second-order valence-corrected chi connectivity index (χ2v) is 4.58. The Balaban J connectivity index is 1.97. The second kappa shape index (κ2) is 4.33. The van der Waals surface area contributed by atoms with Crippen LogP contribution in [0.3, 0.4) is 0 Å². The van der Waals surface area contributed by atoms with Crippen LogP contribution in [0.15, 0.2) is 30.3 Å². The fourth-order valence-electron chi connectivity index (χ4n) is 2.29. The molecular weight excluding hydrogens is 188 g/mol. The van der Waals surface area contributed by atoms with Crippen molar-refractivity contribution >= 4 is 0 Å². The molecule has 0 spiro atoms. The van der Waals surface area contributed by atoms with E-state index in [1.807, 2.05) is 37.3 Å². The molecule has 0 aliphatic heterocycles. The van der Waals surface area contributed by atoms with Gasteiger partial charge in [-0.05, 0) is 29.7 Å². The molecule has 2 heteroatoms. The number of hydrogen-bond donors (Lipinski definition) is 2. The quantitative estimate of drug-likeness (QED) is 0.791. The van der Waals surface area contributed by atoms with Crippen LogP contribution in [0, 0.1) is 17.8 Å². The summed E-state index contributed by atoms with van der Waals surface area (Å²) in [7, 11) is 0. The molecular formula is C13H18O2. The molecule has 2 rings (SSSR count).